The van der Waals surface area contributed by atoms with E-state index in [1.54, 1.807) is 11.0 Å². The van der Waals surface area contributed by atoms with Gasteiger partial charge in [-0.1, -0.05) is 25.9 Å². The largest absolute Gasteiger partial charge is 0.371 e. The van der Waals surface area contributed by atoms with Gasteiger partial charge in [0.1, 0.15) is 5.76 Å². The fourth-order valence-electron chi connectivity index (χ4n) is 2.73. The summed E-state index contributed by atoms with van der Waals surface area (Å²) >= 11 is 0. The first-order valence-corrected chi connectivity index (χ1v) is 6.65. The second-order valence-electron chi connectivity index (χ2n) is 6.27. The molecule has 2 fully saturated rings. The Labute approximate surface area is 112 Å². The van der Waals surface area contributed by atoms with Crippen molar-refractivity contribution in [2.24, 2.45) is 0 Å². The number of carbonyl (C=O) groups is 1. The Morgan fingerprint density at radius 3 is 2.79 bits per heavy atom. The molecule has 104 valence electrons. The smallest absolute Gasteiger partial charge is 0.328 e. The zero-order chi connectivity index (χ0) is 13.8. The summed E-state index contributed by atoms with van der Waals surface area (Å²) in [7, 11) is 0. The van der Waals surface area contributed by atoms with E-state index in [9.17, 15) is 9.90 Å². The zero-order valence-electron chi connectivity index (χ0n) is 11.5. The molecule has 1 aromatic heterocycles. The van der Waals surface area contributed by atoms with Crippen LogP contribution in [0.2, 0.25) is 0 Å². The summed E-state index contributed by atoms with van der Waals surface area (Å²) in [5.41, 5.74) is -0.171. The number of fused-ring (bicyclic) bond motifs is 1. The molecule has 1 N–H and O–H groups in total. The van der Waals surface area contributed by atoms with Gasteiger partial charge in [0.2, 0.25) is 0 Å². The van der Waals surface area contributed by atoms with Gasteiger partial charge < -0.3 is 14.5 Å². The highest BCUT2D eigenvalue weighted by atomic mass is 16.5. The van der Waals surface area contributed by atoms with Crippen LogP contribution in [0, 0.1) is 0 Å². The molecule has 1 aromatic rings. The lowest BCUT2D eigenvalue weighted by molar-refractivity contribution is 0.136. The highest BCUT2D eigenvalue weighted by Gasteiger charge is 2.48. The van der Waals surface area contributed by atoms with Crippen molar-refractivity contribution in [3.8, 4) is 0 Å². The summed E-state index contributed by atoms with van der Waals surface area (Å²) in [5.74, 6) is 1.10. The normalized spacial score (nSPS) is 27.3. The van der Waals surface area contributed by atoms with E-state index in [2.05, 4.69) is 5.16 Å². The van der Waals surface area contributed by atoms with Gasteiger partial charge in [-0.15, -0.1) is 0 Å². The Bertz CT molecular complexity index is 505. The Kier molecular flexibility index (Phi) is 2.60. The van der Waals surface area contributed by atoms with E-state index in [-0.39, 0.29) is 17.5 Å². The van der Waals surface area contributed by atoms with Gasteiger partial charge in [0.05, 0.1) is 6.04 Å². The lowest BCUT2D eigenvalue weighted by atomic mass is 9.93. The molecule has 2 aliphatic rings. The molecule has 0 saturated carbocycles. The first-order valence-electron chi connectivity index (χ1n) is 6.65. The molecule has 0 spiro atoms. The molecular weight excluding hydrogens is 246 g/mol. The van der Waals surface area contributed by atoms with Crippen molar-refractivity contribution in [1.82, 2.24) is 10.1 Å². The van der Waals surface area contributed by atoms with E-state index in [1.807, 2.05) is 20.8 Å². The minimum atomic E-state index is -0.826. The summed E-state index contributed by atoms with van der Waals surface area (Å²) in [4.78, 5) is 15.3. The van der Waals surface area contributed by atoms with E-state index < -0.39 is 6.23 Å². The lowest BCUT2D eigenvalue weighted by Gasteiger charge is -2.17. The number of carbonyl (C=O) groups excluding carboxylic acids is 1. The fraction of sp³-hybridized carbons (Fsp3) is 0.692. The molecule has 0 radical (unpaired) electrons. The van der Waals surface area contributed by atoms with Crippen LogP contribution in [-0.2, 0) is 5.41 Å². The predicted octanol–water partition coefficient (Wildman–Crippen LogP) is 1.69. The quantitative estimate of drug-likeness (QED) is 0.839. The lowest BCUT2D eigenvalue weighted by Crippen LogP contribution is -2.36. The molecule has 0 aromatic carbocycles. The van der Waals surface area contributed by atoms with Crippen molar-refractivity contribution >= 4 is 11.8 Å². The highest BCUT2D eigenvalue weighted by Crippen LogP contribution is 2.35. The SMILES string of the molecule is CC(C)(C)c1cc(N2C(=O)N3CCCC3C2O)no1. The van der Waals surface area contributed by atoms with Gasteiger partial charge in [-0.25, -0.2) is 9.69 Å². The van der Waals surface area contributed by atoms with Crippen LogP contribution in [0.1, 0.15) is 39.4 Å². The molecule has 6 nitrogen and oxygen atoms in total. The number of aliphatic hydroxyl groups is 1. The summed E-state index contributed by atoms with van der Waals surface area (Å²) in [6.45, 7) is 6.74. The zero-order valence-corrected chi connectivity index (χ0v) is 11.5. The molecule has 3 rings (SSSR count). The number of anilines is 1. The molecule has 2 atom stereocenters. The van der Waals surface area contributed by atoms with E-state index in [1.165, 1.54) is 4.90 Å². The first kappa shape index (κ1) is 12.5. The minimum Gasteiger partial charge on any atom is -0.371 e. The molecular formula is C13H19N3O3. The van der Waals surface area contributed by atoms with Gasteiger partial charge in [-0.2, -0.15) is 0 Å². The summed E-state index contributed by atoms with van der Waals surface area (Å²) < 4.78 is 5.29. The summed E-state index contributed by atoms with van der Waals surface area (Å²) in [5, 5.41) is 14.2. The number of urea groups is 1. The number of aliphatic hydroxyl groups excluding tert-OH is 1. The maximum Gasteiger partial charge on any atom is 0.328 e. The summed E-state index contributed by atoms with van der Waals surface area (Å²) in [6, 6.07) is 1.45. The average molecular weight is 265 g/mol. The van der Waals surface area contributed by atoms with Crippen LogP contribution in [0.5, 0.6) is 0 Å². The molecule has 2 unspecified atom stereocenters. The van der Waals surface area contributed by atoms with Crippen LogP contribution in [0.15, 0.2) is 10.6 Å². The van der Waals surface area contributed by atoms with E-state index in [0.29, 0.717) is 18.1 Å². The third kappa shape index (κ3) is 1.82. The van der Waals surface area contributed by atoms with Crippen LogP contribution in [0.3, 0.4) is 0 Å². The van der Waals surface area contributed by atoms with Crippen molar-refractivity contribution in [3.63, 3.8) is 0 Å². The monoisotopic (exact) mass is 265 g/mol. The molecule has 2 amide bonds. The van der Waals surface area contributed by atoms with Gasteiger partial charge >= 0.3 is 6.03 Å². The van der Waals surface area contributed by atoms with Crippen molar-refractivity contribution < 1.29 is 14.4 Å². The standard InChI is InChI=1S/C13H19N3O3/c1-13(2,3)9-7-10(14-19-9)16-11(17)8-5-4-6-15(8)12(16)18/h7-8,11,17H,4-6H2,1-3H3. The maximum atomic E-state index is 12.3. The molecule has 2 saturated heterocycles. The number of nitrogens with zero attached hydrogens (tertiary/aromatic N) is 3. The highest BCUT2D eigenvalue weighted by molar-refractivity contribution is 5.94. The molecule has 0 aliphatic carbocycles. The Balaban J connectivity index is 1.90. The molecule has 3 heterocycles. The fourth-order valence-corrected chi connectivity index (χ4v) is 2.73. The van der Waals surface area contributed by atoms with Crippen LogP contribution in [0.25, 0.3) is 0 Å². The van der Waals surface area contributed by atoms with E-state index >= 15 is 0 Å². The maximum absolute atomic E-state index is 12.3. The van der Waals surface area contributed by atoms with Crippen molar-refractivity contribution in [3.05, 3.63) is 11.8 Å². The van der Waals surface area contributed by atoms with Gasteiger partial charge in [0.15, 0.2) is 12.0 Å². The number of hydrogen-bond acceptors (Lipinski definition) is 4. The van der Waals surface area contributed by atoms with Crippen LogP contribution in [0.4, 0.5) is 10.6 Å². The van der Waals surface area contributed by atoms with Crippen LogP contribution < -0.4 is 4.90 Å². The third-order valence-corrected chi connectivity index (χ3v) is 3.84. The molecule has 19 heavy (non-hydrogen) atoms. The van der Waals surface area contributed by atoms with Crippen LogP contribution >= 0.6 is 0 Å². The summed E-state index contributed by atoms with van der Waals surface area (Å²) in [6.07, 6.45) is 0.966. The van der Waals surface area contributed by atoms with Gasteiger partial charge in [0, 0.05) is 18.0 Å². The van der Waals surface area contributed by atoms with Gasteiger partial charge in [0.25, 0.3) is 0 Å². The molecule has 0 bridgehead atoms. The number of amides is 2. The molecule has 6 heteroatoms. The second kappa shape index (κ2) is 3.96. The number of aromatic nitrogens is 1. The predicted molar refractivity (Wildman–Crippen MR) is 68.8 cm³/mol. The Morgan fingerprint density at radius 2 is 2.21 bits per heavy atom. The van der Waals surface area contributed by atoms with Crippen molar-refractivity contribution in [2.45, 2.75) is 51.3 Å². The average Bonchev–Trinajstić information content (AvgIpc) is 2.99. The van der Waals surface area contributed by atoms with E-state index in [0.717, 1.165) is 12.8 Å². The van der Waals surface area contributed by atoms with E-state index in [4.69, 9.17) is 4.52 Å². The van der Waals surface area contributed by atoms with Crippen molar-refractivity contribution in [1.29, 1.82) is 0 Å². The Morgan fingerprint density at radius 1 is 1.47 bits per heavy atom. The first-order chi connectivity index (χ1) is 8.89. The van der Waals surface area contributed by atoms with Crippen LogP contribution in [-0.4, -0.2) is 40.0 Å². The van der Waals surface area contributed by atoms with Gasteiger partial charge in [-0.3, -0.25) is 0 Å². The Hall–Kier alpha value is -1.56. The third-order valence-electron chi connectivity index (χ3n) is 3.84. The minimum absolute atomic E-state index is 0.109. The molecule has 2 aliphatic heterocycles. The number of rotatable bonds is 1. The van der Waals surface area contributed by atoms with Crippen molar-refractivity contribution in [2.75, 3.05) is 11.4 Å². The topological polar surface area (TPSA) is 69.8 Å². The second-order valence-corrected chi connectivity index (χ2v) is 6.27. The number of hydrogen-bond donors (Lipinski definition) is 1. The van der Waals surface area contributed by atoms with Gasteiger partial charge in [-0.05, 0) is 12.8 Å².